The van der Waals surface area contributed by atoms with Crippen molar-refractivity contribution >= 4 is 19.0 Å². The van der Waals surface area contributed by atoms with Crippen LogP contribution in [-0.2, 0) is 6.42 Å². The molecule has 100 valence electrons. The van der Waals surface area contributed by atoms with Crippen LogP contribution in [0, 0.1) is 10.7 Å². The SMILES string of the molecule is [B]c1ccc(OCCc2cccc([N+](C)=O)c2)cc1F. The Morgan fingerprint density at radius 1 is 1.25 bits per heavy atom. The number of hydrogen-bond donors (Lipinski definition) is 0. The van der Waals surface area contributed by atoms with Crippen LogP contribution in [0.4, 0.5) is 10.1 Å². The molecule has 0 bridgehead atoms. The van der Waals surface area contributed by atoms with E-state index in [0.717, 1.165) is 10.3 Å². The minimum absolute atomic E-state index is 0.100. The first-order chi connectivity index (χ1) is 9.56. The number of hydrogen-bond acceptors (Lipinski definition) is 2. The maximum Gasteiger partial charge on any atom is 0.255 e. The number of nitrogens with zero attached hydrogens (tertiary/aromatic N) is 1. The molecule has 0 N–H and O–H groups in total. The minimum atomic E-state index is -0.488. The van der Waals surface area contributed by atoms with Crippen LogP contribution in [0.5, 0.6) is 5.75 Å². The average molecular weight is 270 g/mol. The summed E-state index contributed by atoms with van der Waals surface area (Å²) in [6.07, 6.45) is 0.633. The van der Waals surface area contributed by atoms with E-state index in [1.807, 2.05) is 12.1 Å². The molecule has 0 saturated carbocycles. The van der Waals surface area contributed by atoms with Crippen molar-refractivity contribution < 1.29 is 13.9 Å². The highest BCUT2D eigenvalue weighted by molar-refractivity contribution is 6.32. The lowest BCUT2D eigenvalue weighted by molar-refractivity contribution is -0.428. The molecule has 0 amide bonds. The zero-order valence-corrected chi connectivity index (χ0v) is 11.2. The predicted molar refractivity (Wildman–Crippen MR) is 76.6 cm³/mol. The normalized spacial score (nSPS) is 10.3. The number of rotatable bonds is 5. The van der Waals surface area contributed by atoms with Gasteiger partial charge >= 0.3 is 0 Å². The molecule has 0 aliphatic carbocycles. The summed E-state index contributed by atoms with van der Waals surface area (Å²) in [5, 5.41) is 0. The van der Waals surface area contributed by atoms with Crippen LogP contribution < -0.4 is 10.2 Å². The molecule has 3 nitrogen and oxygen atoms in total. The zero-order chi connectivity index (χ0) is 14.5. The molecule has 0 fully saturated rings. The third-order valence-corrected chi connectivity index (χ3v) is 2.91. The van der Waals surface area contributed by atoms with Crippen molar-refractivity contribution in [2.75, 3.05) is 13.7 Å². The summed E-state index contributed by atoms with van der Waals surface area (Å²) in [5.41, 5.74) is 1.69. The second-order valence-electron chi connectivity index (χ2n) is 4.45. The molecule has 0 saturated heterocycles. The minimum Gasteiger partial charge on any atom is -0.493 e. The summed E-state index contributed by atoms with van der Waals surface area (Å²) < 4.78 is 19.5. The smallest absolute Gasteiger partial charge is 0.255 e. The van der Waals surface area contributed by atoms with Gasteiger partial charge in [-0.2, -0.15) is 0 Å². The maximum absolute atomic E-state index is 13.2. The lowest BCUT2D eigenvalue weighted by atomic mass is 9.96. The molecule has 5 heteroatoms. The summed E-state index contributed by atoms with van der Waals surface area (Å²) in [6.45, 7) is 0.398. The van der Waals surface area contributed by atoms with Gasteiger partial charge in [0.25, 0.3) is 5.69 Å². The highest BCUT2D eigenvalue weighted by atomic mass is 19.1. The van der Waals surface area contributed by atoms with E-state index in [2.05, 4.69) is 0 Å². The van der Waals surface area contributed by atoms with Gasteiger partial charge in [0.05, 0.1) is 6.61 Å². The fraction of sp³-hybridized carbons (Fsp3) is 0.200. The van der Waals surface area contributed by atoms with Gasteiger partial charge in [-0.05, 0) is 11.6 Å². The van der Waals surface area contributed by atoms with Crippen LogP contribution in [0.1, 0.15) is 5.56 Å². The first kappa shape index (κ1) is 14.2. The topological polar surface area (TPSA) is 29.3 Å². The Labute approximate surface area is 118 Å². The average Bonchev–Trinajstić information content (AvgIpc) is 2.43. The van der Waals surface area contributed by atoms with Gasteiger partial charge in [-0.3, -0.25) is 0 Å². The highest BCUT2D eigenvalue weighted by Crippen LogP contribution is 2.14. The van der Waals surface area contributed by atoms with E-state index in [1.165, 1.54) is 19.2 Å². The molecule has 0 aliphatic rings. The molecule has 0 atom stereocenters. The number of nitroso groups, excluding NO2 is 1. The summed E-state index contributed by atoms with van der Waals surface area (Å²) in [7, 11) is 6.84. The van der Waals surface area contributed by atoms with Crippen molar-refractivity contribution in [3.8, 4) is 5.75 Å². The highest BCUT2D eigenvalue weighted by Gasteiger charge is 2.07. The summed E-state index contributed by atoms with van der Waals surface area (Å²) >= 11 is 0. The van der Waals surface area contributed by atoms with Crippen LogP contribution in [0.2, 0.25) is 0 Å². The molecule has 0 unspecified atom stereocenters. The van der Waals surface area contributed by atoms with Crippen molar-refractivity contribution in [3.05, 3.63) is 58.8 Å². The molecule has 20 heavy (non-hydrogen) atoms. The van der Waals surface area contributed by atoms with E-state index < -0.39 is 5.82 Å². The molecule has 2 radical (unpaired) electrons. The van der Waals surface area contributed by atoms with Crippen molar-refractivity contribution in [1.82, 2.24) is 0 Å². The molecule has 2 rings (SSSR count). The van der Waals surface area contributed by atoms with Crippen LogP contribution in [0.25, 0.3) is 0 Å². The molecular weight excluding hydrogens is 256 g/mol. The van der Waals surface area contributed by atoms with Crippen molar-refractivity contribution in [2.45, 2.75) is 6.42 Å². The Morgan fingerprint density at radius 3 is 2.75 bits per heavy atom. The summed E-state index contributed by atoms with van der Waals surface area (Å²) in [6, 6.07) is 11.6. The van der Waals surface area contributed by atoms with Crippen LogP contribution in [0.15, 0.2) is 42.5 Å². The molecule has 0 spiro atoms. The largest absolute Gasteiger partial charge is 0.493 e. The van der Waals surface area contributed by atoms with Gasteiger partial charge in [0, 0.05) is 34.3 Å². The molecule has 2 aromatic rings. The van der Waals surface area contributed by atoms with Gasteiger partial charge in [0.2, 0.25) is 0 Å². The van der Waals surface area contributed by atoms with Gasteiger partial charge in [-0.15, -0.1) is 0 Å². The molecule has 0 heterocycles. The fourth-order valence-electron chi connectivity index (χ4n) is 1.79. The molecular formula is C15H14BFNO2+. The number of benzene rings is 2. The van der Waals surface area contributed by atoms with Crippen LogP contribution in [0.3, 0.4) is 0 Å². The van der Waals surface area contributed by atoms with Crippen LogP contribution in [-0.4, -0.2) is 26.3 Å². The Morgan fingerprint density at radius 2 is 2.05 bits per heavy atom. The van der Waals surface area contributed by atoms with E-state index in [4.69, 9.17) is 12.6 Å². The van der Waals surface area contributed by atoms with Crippen LogP contribution >= 0.6 is 0 Å². The van der Waals surface area contributed by atoms with E-state index in [1.54, 1.807) is 18.2 Å². The lowest BCUT2D eigenvalue weighted by Gasteiger charge is -2.07. The number of halogens is 1. The van der Waals surface area contributed by atoms with Crippen molar-refractivity contribution in [3.63, 3.8) is 0 Å². The maximum atomic E-state index is 13.2. The summed E-state index contributed by atoms with van der Waals surface area (Å²) in [4.78, 5) is 11.2. The molecule has 2 aromatic carbocycles. The zero-order valence-electron chi connectivity index (χ0n) is 11.2. The van der Waals surface area contributed by atoms with Gasteiger partial charge in [-0.1, -0.05) is 23.7 Å². The Hall–Kier alpha value is -2.17. The van der Waals surface area contributed by atoms with Gasteiger partial charge in [0.1, 0.15) is 19.4 Å². The van der Waals surface area contributed by atoms with Gasteiger partial charge in [0.15, 0.2) is 7.05 Å². The first-order valence-electron chi connectivity index (χ1n) is 6.24. The first-order valence-corrected chi connectivity index (χ1v) is 6.24. The lowest BCUT2D eigenvalue weighted by Crippen LogP contribution is -2.09. The second kappa shape index (κ2) is 6.32. The predicted octanol–water partition coefficient (Wildman–Crippen LogP) is 2.28. The fourth-order valence-corrected chi connectivity index (χ4v) is 1.79. The third-order valence-electron chi connectivity index (χ3n) is 2.91. The van der Waals surface area contributed by atoms with Gasteiger partial charge in [-0.25, -0.2) is 4.39 Å². The van der Waals surface area contributed by atoms with E-state index in [-0.39, 0.29) is 5.46 Å². The van der Waals surface area contributed by atoms with E-state index >= 15 is 0 Å². The standard InChI is InChI=1S/C15H14BFNO2/c1-18(19)12-4-2-3-11(9-12)7-8-20-13-5-6-14(16)15(17)10-13/h2-6,9-10H,7-8H2,1H3/q+1. The third kappa shape index (κ3) is 3.67. The monoisotopic (exact) mass is 270 g/mol. The van der Waals surface area contributed by atoms with Crippen molar-refractivity contribution in [2.24, 2.45) is 0 Å². The molecule has 0 aliphatic heterocycles. The van der Waals surface area contributed by atoms with Gasteiger partial charge < -0.3 is 4.74 Å². The quantitative estimate of drug-likeness (QED) is 0.616. The summed E-state index contributed by atoms with van der Waals surface area (Å²) in [5.74, 6) is -0.0497. The van der Waals surface area contributed by atoms with E-state index in [0.29, 0.717) is 24.5 Å². The molecule has 0 aromatic heterocycles. The number of ether oxygens (including phenoxy) is 1. The second-order valence-corrected chi connectivity index (χ2v) is 4.45. The Kier molecular flexibility index (Phi) is 4.51. The Bertz CT molecular complexity index is 631. The Balaban J connectivity index is 1.94. The van der Waals surface area contributed by atoms with Crippen molar-refractivity contribution in [1.29, 1.82) is 0 Å². The van der Waals surface area contributed by atoms with E-state index in [9.17, 15) is 9.30 Å².